The monoisotopic (exact) mass is 512 g/mol. The number of carbonyl (C=O) groups is 2. The van der Waals surface area contributed by atoms with Gasteiger partial charge < -0.3 is 30.3 Å². The van der Waals surface area contributed by atoms with E-state index in [9.17, 15) is 24.9 Å². The maximum Gasteiger partial charge on any atom is 0.189 e. The van der Waals surface area contributed by atoms with Gasteiger partial charge in [-0.2, -0.15) is 0 Å². The van der Waals surface area contributed by atoms with Crippen LogP contribution in [0, 0.1) is 0 Å². The van der Waals surface area contributed by atoms with Gasteiger partial charge >= 0.3 is 0 Å². The fourth-order valence-corrected chi connectivity index (χ4v) is 3.76. The Morgan fingerprint density at radius 1 is 0.737 bits per heavy atom. The summed E-state index contributed by atoms with van der Waals surface area (Å²) in [4.78, 5) is 23.9. The van der Waals surface area contributed by atoms with Gasteiger partial charge in [-0.3, -0.25) is 9.59 Å². The van der Waals surface area contributed by atoms with E-state index in [4.69, 9.17) is 14.9 Å². The molecule has 5 rings (SSSR count). The van der Waals surface area contributed by atoms with Gasteiger partial charge in [-0.1, -0.05) is 30.3 Å². The van der Waals surface area contributed by atoms with Gasteiger partial charge in [0.2, 0.25) is 0 Å². The van der Waals surface area contributed by atoms with Crippen molar-refractivity contribution in [2.24, 2.45) is 0 Å². The Bertz CT molecular complexity index is 1490. The molecule has 1 atom stereocenters. The third-order valence-electron chi connectivity index (χ3n) is 5.74. The third kappa shape index (κ3) is 6.30. The fourth-order valence-electron chi connectivity index (χ4n) is 3.76. The van der Waals surface area contributed by atoms with E-state index in [0.29, 0.717) is 11.3 Å². The molecule has 0 saturated heterocycles. The van der Waals surface area contributed by atoms with Crippen LogP contribution < -0.4 is 4.74 Å². The molecule has 0 amide bonds. The molecule has 1 aliphatic heterocycles. The Kier molecular flexibility index (Phi) is 7.63. The number of ether oxygens (including phenoxy) is 1. The molecule has 38 heavy (non-hydrogen) atoms. The zero-order chi connectivity index (χ0) is 27.2. The standard InChI is InChI=1S/2C15H12O4/c16-10-3-1-9(2-4-10)14-8-13(18)12-6-5-11(17)7-15(12)19-14;16-11-4-1-10(2-5-11)3-8-14(18)13-7-6-12(17)9-15(13)19/h1-7,14,16-17H,8H2;1-9,16-17,19H/b;8-3+/t14-;/m0./s1. The third-order valence-corrected chi connectivity index (χ3v) is 5.74. The van der Waals surface area contributed by atoms with E-state index in [1.54, 1.807) is 48.5 Å². The minimum Gasteiger partial charge on any atom is -0.508 e. The van der Waals surface area contributed by atoms with E-state index >= 15 is 0 Å². The molecule has 4 aromatic rings. The predicted octanol–water partition coefficient (Wildman–Crippen LogP) is 5.50. The predicted molar refractivity (Wildman–Crippen MR) is 140 cm³/mol. The van der Waals surface area contributed by atoms with Crippen molar-refractivity contribution in [3.63, 3.8) is 0 Å². The average Bonchev–Trinajstić information content (AvgIpc) is 2.88. The van der Waals surface area contributed by atoms with E-state index in [-0.39, 0.29) is 58.4 Å². The number of hydrogen-bond acceptors (Lipinski definition) is 8. The number of hydrogen-bond donors (Lipinski definition) is 5. The van der Waals surface area contributed by atoms with E-state index < -0.39 is 0 Å². The van der Waals surface area contributed by atoms with Gasteiger partial charge in [-0.25, -0.2) is 0 Å². The minimum atomic E-state index is -0.387. The number of phenolic OH excluding ortho intramolecular Hbond substituents is 5. The zero-order valence-electron chi connectivity index (χ0n) is 20.0. The van der Waals surface area contributed by atoms with Gasteiger partial charge in [0.1, 0.15) is 40.6 Å². The first kappa shape index (κ1) is 25.8. The molecule has 5 N–H and O–H groups in total. The van der Waals surface area contributed by atoms with Crippen LogP contribution in [0.3, 0.4) is 0 Å². The lowest BCUT2D eigenvalue weighted by Gasteiger charge is -2.25. The summed E-state index contributed by atoms with van der Waals surface area (Å²) in [5, 5.41) is 46.5. The van der Waals surface area contributed by atoms with Gasteiger partial charge in [-0.05, 0) is 65.7 Å². The Labute approximate surface area is 218 Å². The Morgan fingerprint density at radius 3 is 1.97 bits per heavy atom. The molecule has 1 aliphatic rings. The molecule has 0 aliphatic carbocycles. The Balaban J connectivity index is 0.000000177. The first-order chi connectivity index (χ1) is 18.2. The molecule has 8 heteroatoms. The molecule has 0 saturated carbocycles. The summed E-state index contributed by atoms with van der Waals surface area (Å²) in [6, 6.07) is 21.2. The van der Waals surface area contributed by atoms with Gasteiger partial charge in [0.15, 0.2) is 11.6 Å². The van der Waals surface area contributed by atoms with E-state index in [2.05, 4.69) is 0 Å². The summed E-state index contributed by atoms with van der Waals surface area (Å²) < 4.78 is 5.75. The number of fused-ring (bicyclic) bond motifs is 1. The van der Waals surface area contributed by atoms with Crippen LogP contribution in [0.2, 0.25) is 0 Å². The number of aromatic hydroxyl groups is 5. The number of benzene rings is 4. The van der Waals surface area contributed by atoms with E-state index in [1.165, 1.54) is 42.5 Å². The second-order valence-corrected chi connectivity index (χ2v) is 8.50. The van der Waals surface area contributed by atoms with Crippen LogP contribution in [0.25, 0.3) is 6.08 Å². The number of carbonyl (C=O) groups excluding carboxylic acids is 2. The summed E-state index contributed by atoms with van der Waals surface area (Å²) in [6.07, 6.45) is 2.76. The summed E-state index contributed by atoms with van der Waals surface area (Å²) in [7, 11) is 0. The molecule has 0 radical (unpaired) electrons. The van der Waals surface area contributed by atoms with Crippen molar-refractivity contribution in [3.8, 4) is 34.5 Å². The van der Waals surface area contributed by atoms with Crippen LogP contribution in [-0.4, -0.2) is 37.1 Å². The summed E-state index contributed by atoms with van der Waals surface area (Å²) >= 11 is 0. The smallest absolute Gasteiger partial charge is 0.189 e. The van der Waals surface area contributed by atoms with Gasteiger partial charge in [-0.15, -0.1) is 0 Å². The molecular weight excluding hydrogens is 488 g/mol. The lowest BCUT2D eigenvalue weighted by molar-refractivity contribution is 0.0849. The maximum atomic E-state index is 12.0. The summed E-state index contributed by atoms with van der Waals surface area (Å²) in [6.45, 7) is 0. The van der Waals surface area contributed by atoms with Crippen LogP contribution in [0.15, 0.2) is 91.0 Å². The highest BCUT2D eigenvalue weighted by Gasteiger charge is 2.27. The fraction of sp³-hybridized carbons (Fsp3) is 0.0667. The molecule has 4 aromatic carbocycles. The highest BCUT2D eigenvalue weighted by molar-refractivity contribution is 6.08. The zero-order valence-corrected chi connectivity index (χ0v) is 20.0. The molecule has 192 valence electrons. The highest BCUT2D eigenvalue weighted by atomic mass is 16.5. The van der Waals surface area contributed by atoms with Crippen molar-refractivity contribution in [2.45, 2.75) is 12.5 Å². The molecule has 0 unspecified atom stereocenters. The van der Waals surface area contributed by atoms with E-state index in [1.807, 2.05) is 0 Å². The molecular formula is C30H24O8. The number of phenols is 5. The van der Waals surface area contributed by atoms with Gasteiger partial charge in [0.05, 0.1) is 17.5 Å². The summed E-state index contributed by atoms with van der Waals surface area (Å²) in [5.74, 6) is 0.0395. The molecule has 0 bridgehead atoms. The van der Waals surface area contributed by atoms with Crippen LogP contribution in [0.1, 0.15) is 44.4 Å². The van der Waals surface area contributed by atoms with Crippen molar-refractivity contribution < 1.29 is 39.9 Å². The quantitative estimate of drug-likeness (QED) is 0.178. The normalized spacial score (nSPS) is 14.2. The minimum absolute atomic E-state index is 0.0145. The lowest BCUT2D eigenvalue weighted by Crippen LogP contribution is -2.20. The maximum absolute atomic E-state index is 12.0. The van der Waals surface area contributed by atoms with E-state index in [0.717, 1.165) is 17.2 Å². The topological polar surface area (TPSA) is 145 Å². The molecule has 1 heterocycles. The molecule has 0 aromatic heterocycles. The second kappa shape index (κ2) is 11.2. The van der Waals surface area contributed by atoms with Gasteiger partial charge in [0.25, 0.3) is 0 Å². The van der Waals surface area contributed by atoms with Crippen LogP contribution >= 0.6 is 0 Å². The van der Waals surface area contributed by atoms with Crippen LogP contribution in [0.5, 0.6) is 34.5 Å². The lowest BCUT2D eigenvalue weighted by atomic mass is 9.96. The van der Waals surface area contributed by atoms with Gasteiger partial charge in [0, 0.05) is 12.1 Å². The van der Waals surface area contributed by atoms with Crippen molar-refractivity contribution in [1.29, 1.82) is 0 Å². The number of allylic oxidation sites excluding steroid dienone is 1. The Hall–Kier alpha value is -5.24. The molecule has 0 spiro atoms. The first-order valence-corrected chi connectivity index (χ1v) is 11.5. The SMILES string of the molecule is O=C(/C=C/c1ccc(O)cc1)c1ccc(O)cc1O.O=C1C[C@@H](c2ccc(O)cc2)Oc2cc(O)ccc21. The largest absolute Gasteiger partial charge is 0.508 e. The average molecular weight is 513 g/mol. The second-order valence-electron chi connectivity index (χ2n) is 8.50. The number of rotatable bonds is 4. The summed E-state index contributed by atoms with van der Waals surface area (Å²) in [5.41, 5.74) is 2.19. The van der Waals surface area contributed by atoms with Crippen molar-refractivity contribution in [2.75, 3.05) is 0 Å². The highest BCUT2D eigenvalue weighted by Crippen LogP contribution is 2.37. The van der Waals surface area contributed by atoms with Crippen LogP contribution in [-0.2, 0) is 0 Å². The number of Topliss-reactive ketones (excluding diaryl/α,β-unsaturated/α-hetero) is 1. The Morgan fingerprint density at radius 2 is 1.32 bits per heavy atom. The molecule has 8 nitrogen and oxygen atoms in total. The van der Waals surface area contributed by atoms with Crippen molar-refractivity contribution in [1.82, 2.24) is 0 Å². The van der Waals surface area contributed by atoms with Crippen molar-refractivity contribution >= 4 is 17.6 Å². The number of ketones is 2. The van der Waals surface area contributed by atoms with Crippen LogP contribution in [0.4, 0.5) is 0 Å². The molecule has 0 fully saturated rings. The van der Waals surface area contributed by atoms with Crippen molar-refractivity contribution in [3.05, 3.63) is 113 Å². The first-order valence-electron chi connectivity index (χ1n) is 11.5.